The van der Waals surface area contributed by atoms with Crippen molar-refractivity contribution in [3.8, 4) is 5.69 Å². The first kappa shape index (κ1) is 22.4. The molecule has 1 aliphatic rings. The highest BCUT2D eigenvalue weighted by molar-refractivity contribution is 6.12. The first-order valence-corrected chi connectivity index (χ1v) is 11.8. The molecule has 0 atom stereocenters. The number of aromatic nitrogens is 5. The second-order valence-electron chi connectivity index (χ2n) is 9.48. The fourth-order valence-corrected chi connectivity index (χ4v) is 4.98. The van der Waals surface area contributed by atoms with Crippen LogP contribution in [0.2, 0.25) is 0 Å². The number of likely N-dealkylation sites (tertiary alicyclic amines) is 1. The number of halogens is 2. The van der Waals surface area contributed by atoms with E-state index in [-0.39, 0.29) is 24.6 Å². The van der Waals surface area contributed by atoms with Gasteiger partial charge < -0.3 is 15.7 Å². The highest BCUT2D eigenvalue weighted by atomic mass is 19.3. The lowest BCUT2D eigenvalue weighted by Crippen LogP contribution is -2.41. The van der Waals surface area contributed by atoms with E-state index in [1.165, 1.54) is 10.9 Å². The number of carbonyl (C=O) groups is 1. The van der Waals surface area contributed by atoms with Crippen molar-refractivity contribution < 1.29 is 13.6 Å². The first-order valence-electron chi connectivity index (χ1n) is 11.8. The van der Waals surface area contributed by atoms with E-state index < -0.39 is 5.92 Å². The number of nitrogens with one attached hydrogen (secondary N) is 2. The Morgan fingerprint density at radius 1 is 1.14 bits per heavy atom. The number of carbonyl (C=O) groups excluding carboxylic acids is 1. The number of benzene rings is 2. The molecule has 0 unspecified atom stereocenters. The summed E-state index contributed by atoms with van der Waals surface area (Å²) in [4.78, 5) is 25.8. The molecule has 0 aliphatic carbocycles. The van der Waals surface area contributed by atoms with E-state index in [9.17, 15) is 13.6 Å². The van der Waals surface area contributed by atoms with Crippen molar-refractivity contribution in [2.75, 3.05) is 18.8 Å². The molecule has 184 valence electrons. The average Bonchev–Trinajstić information content (AvgIpc) is 3.52. The Hall–Kier alpha value is -4.05. The molecule has 8 nitrogen and oxygen atoms in total. The number of imidazole rings is 1. The molecule has 4 N–H and O–H groups in total. The van der Waals surface area contributed by atoms with Gasteiger partial charge in [0.05, 0.1) is 40.7 Å². The molecule has 5 aromatic rings. The lowest BCUT2D eigenvalue weighted by Gasteiger charge is -2.32. The number of piperidine rings is 1. The fraction of sp³-hybridized carbons (Fsp3) is 0.269. The summed E-state index contributed by atoms with van der Waals surface area (Å²) in [5.74, 6) is -1.86. The van der Waals surface area contributed by atoms with E-state index in [0.717, 1.165) is 33.3 Å². The number of hydrogen-bond donors (Lipinski definition) is 3. The van der Waals surface area contributed by atoms with Crippen LogP contribution in [0, 0.1) is 6.92 Å². The molecule has 0 saturated carbocycles. The number of aromatic amines is 2. The van der Waals surface area contributed by atoms with Gasteiger partial charge in [-0.2, -0.15) is 5.10 Å². The molecule has 0 amide bonds. The van der Waals surface area contributed by atoms with Crippen LogP contribution in [0.1, 0.15) is 40.3 Å². The highest BCUT2D eigenvalue weighted by Gasteiger charge is 2.34. The molecule has 0 spiro atoms. The van der Waals surface area contributed by atoms with Gasteiger partial charge in [-0.15, -0.1) is 0 Å². The Labute approximate surface area is 205 Å². The summed E-state index contributed by atoms with van der Waals surface area (Å²) >= 11 is 0. The second-order valence-corrected chi connectivity index (χ2v) is 9.48. The van der Waals surface area contributed by atoms with Gasteiger partial charge in [0.1, 0.15) is 11.6 Å². The quantitative estimate of drug-likeness (QED) is 0.313. The minimum atomic E-state index is -2.64. The van der Waals surface area contributed by atoms with Gasteiger partial charge in [0.25, 0.3) is 5.92 Å². The molecular formula is C26H25F2N7O. The molecule has 2 aromatic carbocycles. The van der Waals surface area contributed by atoms with Crippen molar-refractivity contribution in [1.82, 2.24) is 29.6 Å². The molecule has 6 rings (SSSR count). The Morgan fingerprint density at radius 2 is 2.00 bits per heavy atom. The van der Waals surface area contributed by atoms with Crippen molar-refractivity contribution in [2.24, 2.45) is 0 Å². The molecule has 1 aliphatic heterocycles. The number of aryl methyl sites for hydroxylation is 1. The Bertz CT molecular complexity index is 1610. The number of nitrogen functional groups attached to an aromatic ring is 1. The minimum absolute atomic E-state index is 0.0526. The summed E-state index contributed by atoms with van der Waals surface area (Å²) < 4.78 is 29.1. The zero-order chi connectivity index (χ0) is 25.0. The second kappa shape index (κ2) is 8.27. The normalized spacial score (nSPS) is 16.2. The van der Waals surface area contributed by atoms with Crippen LogP contribution in [0.15, 0.2) is 48.7 Å². The lowest BCUT2D eigenvalue weighted by atomic mass is 10.1. The number of anilines is 1. The van der Waals surface area contributed by atoms with Gasteiger partial charge in [-0.25, -0.2) is 18.4 Å². The summed E-state index contributed by atoms with van der Waals surface area (Å²) in [6, 6.07) is 13.1. The maximum atomic E-state index is 13.8. The molecule has 10 heteroatoms. The summed E-state index contributed by atoms with van der Waals surface area (Å²) in [7, 11) is 0. The monoisotopic (exact) mass is 489 g/mol. The van der Waals surface area contributed by atoms with Crippen LogP contribution in [0.4, 0.5) is 14.6 Å². The standard InChI is InChI=1S/C26H25F2N7O/c1-15-31-21-6-4-18(11-22(21)32-15)35-25(29)19(12-30-35)24(36)23-10-17-9-16(3-5-20(17)33-23)13-34-8-2-7-26(27,28)14-34/h3-6,9-12,33H,2,7-8,13-14,29H2,1H3,(H,31,32). The highest BCUT2D eigenvalue weighted by Crippen LogP contribution is 2.29. The molecular weight excluding hydrogens is 464 g/mol. The van der Waals surface area contributed by atoms with Gasteiger partial charge in [-0.05, 0) is 61.9 Å². The third-order valence-electron chi connectivity index (χ3n) is 6.69. The summed E-state index contributed by atoms with van der Waals surface area (Å²) in [5, 5.41) is 5.19. The van der Waals surface area contributed by atoms with Gasteiger partial charge >= 0.3 is 0 Å². The first-order chi connectivity index (χ1) is 17.3. The van der Waals surface area contributed by atoms with Crippen LogP contribution in [0.3, 0.4) is 0 Å². The molecule has 1 saturated heterocycles. The molecule has 36 heavy (non-hydrogen) atoms. The van der Waals surface area contributed by atoms with Crippen molar-refractivity contribution in [3.63, 3.8) is 0 Å². The molecule has 3 aromatic heterocycles. The van der Waals surface area contributed by atoms with E-state index in [1.54, 1.807) is 11.0 Å². The van der Waals surface area contributed by atoms with E-state index in [4.69, 9.17) is 5.73 Å². The largest absolute Gasteiger partial charge is 0.383 e. The number of nitrogens with zero attached hydrogens (tertiary/aromatic N) is 4. The van der Waals surface area contributed by atoms with Crippen molar-refractivity contribution >= 4 is 33.5 Å². The molecule has 4 heterocycles. The number of fused-ring (bicyclic) bond motifs is 2. The fourth-order valence-electron chi connectivity index (χ4n) is 4.98. The summed E-state index contributed by atoms with van der Waals surface area (Å²) in [5.41, 5.74) is 11.1. The van der Waals surface area contributed by atoms with E-state index in [1.807, 2.05) is 43.3 Å². The maximum absolute atomic E-state index is 13.8. The average molecular weight is 490 g/mol. The smallest absolute Gasteiger partial charge is 0.260 e. The van der Waals surface area contributed by atoms with Crippen LogP contribution < -0.4 is 5.73 Å². The van der Waals surface area contributed by atoms with Gasteiger partial charge in [-0.1, -0.05) is 6.07 Å². The van der Waals surface area contributed by atoms with E-state index >= 15 is 0 Å². The SMILES string of the molecule is Cc1nc2ccc(-n3ncc(C(=O)c4cc5cc(CN6CCCC(F)(F)C6)ccc5[nH]4)c3N)cc2[nH]1. The van der Waals surface area contributed by atoms with Gasteiger partial charge in [0, 0.05) is 23.9 Å². The number of ketones is 1. The topological polar surface area (TPSA) is 109 Å². The number of H-pyrrole nitrogens is 2. The van der Waals surface area contributed by atoms with Gasteiger partial charge in [-0.3, -0.25) is 9.69 Å². The predicted octanol–water partition coefficient (Wildman–Crippen LogP) is 4.58. The van der Waals surface area contributed by atoms with E-state index in [0.29, 0.717) is 36.5 Å². The molecule has 0 bridgehead atoms. The van der Waals surface area contributed by atoms with Crippen LogP contribution in [-0.2, 0) is 6.54 Å². The van der Waals surface area contributed by atoms with Gasteiger partial charge in [0.2, 0.25) is 5.78 Å². The molecule has 1 fully saturated rings. The van der Waals surface area contributed by atoms with Crippen molar-refractivity contribution in [1.29, 1.82) is 0 Å². The predicted molar refractivity (Wildman–Crippen MR) is 134 cm³/mol. The summed E-state index contributed by atoms with van der Waals surface area (Å²) in [6.07, 6.45) is 1.90. The van der Waals surface area contributed by atoms with Crippen LogP contribution >= 0.6 is 0 Å². The van der Waals surface area contributed by atoms with Crippen LogP contribution in [0.25, 0.3) is 27.6 Å². The van der Waals surface area contributed by atoms with E-state index in [2.05, 4.69) is 20.1 Å². The Kier molecular flexibility index (Phi) is 5.15. The zero-order valence-electron chi connectivity index (χ0n) is 19.7. The lowest BCUT2D eigenvalue weighted by molar-refractivity contribution is -0.0661. The van der Waals surface area contributed by atoms with Gasteiger partial charge in [0.15, 0.2) is 0 Å². The number of rotatable bonds is 5. The third-order valence-corrected chi connectivity index (χ3v) is 6.69. The van der Waals surface area contributed by atoms with Crippen molar-refractivity contribution in [3.05, 3.63) is 71.3 Å². The number of hydrogen-bond acceptors (Lipinski definition) is 5. The molecule has 0 radical (unpaired) electrons. The maximum Gasteiger partial charge on any atom is 0.260 e. The third kappa shape index (κ3) is 4.03. The Morgan fingerprint density at radius 3 is 2.83 bits per heavy atom. The number of alkyl halides is 2. The zero-order valence-corrected chi connectivity index (χ0v) is 19.7. The van der Waals surface area contributed by atoms with Crippen LogP contribution in [0.5, 0.6) is 0 Å². The Balaban J connectivity index is 1.25. The minimum Gasteiger partial charge on any atom is -0.383 e. The van der Waals surface area contributed by atoms with Crippen molar-refractivity contribution in [2.45, 2.75) is 32.2 Å². The summed E-state index contributed by atoms with van der Waals surface area (Å²) in [6.45, 7) is 2.76. The number of nitrogens with two attached hydrogens (primary N) is 1. The van der Waals surface area contributed by atoms with Crippen LogP contribution in [-0.4, -0.2) is 54.4 Å².